The number of morpholine rings is 1. The van der Waals surface area contributed by atoms with Crippen LogP contribution in [0, 0.1) is 17.8 Å². The molecule has 12 heteroatoms. The summed E-state index contributed by atoms with van der Waals surface area (Å²) in [6.45, 7) is 6.55. The minimum Gasteiger partial charge on any atom is -0.491 e. The van der Waals surface area contributed by atoms with Crippen LogP contribution in [0.1, 0.15) is 70.1 Å². The van der Waals surface area contributed by atoms with Crippen LogP contribution in [0.15, 0.2) is 176 Å². The Morgan fingerprint density at radius 2 is 1.50 bits per heavy atom. The Morgan fingerprint density at radius 3 is 2.19 bits per heavy atom. The lowest BCUT2D eigenvalue weighted by Gasteiger charge is -2.46. The highest BCUT2D eigenvalue weighted by atomic mass is 16.6. The zero-order chi connectivity index (χ0) is 48.8. The molecule has 2 saturated heterocycles. The number of imide groups is 1. The third-order valence-electron chi connectivity index (χ3n) is 13.4. The van der Waals surface area contributed by atoms with Crippen LogP contribution >= 0.6 is 0 Å². The molecule has 1 spiro atoms. The highest BCUT2D eigenvalue weighted by Gasteiger charge is 2.75. The summed E-state index contributed by atoms with van der Waals surface area (Å²) in [5.74, 6) is 3.53. The zero-order valence-corrected chi connectivity index (χ0v) is 39.1. The number of ether oxygens (including phenoxy) is 2. The highest BCUT2D eigenvalue weighted by Crippen LogP contribution is 2.66. The molecule has 0 aliphatic carbocycles. The first-order valence-electron chi connectivity index (χ1n) is 23.5. The summed E-state index contributed by atoms with van der Waals surface area (Å²) in [5, 5.41) is 15.9. The number of rotatable bonds is 14. The van der Waals surface area contributed by atoms with Crippen LogP contribution in [0.4, 0.5) is 10.5 Å². The molecule has 0 radical (unpaired) electrons. The van der Waals surface area contributed by atoms with E-state index in [0.717, 1.165) is 21.6 Å². The maximum Gasteiger partial charge on any atom is 0.329 e. The van der Waals surface area contributed by atoms with Crippen molar-refractivity contribution in [3.8, 4) is 17.6 Å². The fourth-order valence-corrected chi connectivity index (χ4v) is 10.5. The summed E-state index contributed by atoms with van der Waals surface area (Å²) in [4.78, 5) is 67.7. The molecule has 3 N–H and O–H groups in total. The summed E-state index contributed by atoms with van der Waals surface area (Å²) in [6, 6.07) is 46.5. The average molecular weight is 934 g/mol. The van der Waals surface area contributed by atoms with Crippen LogP contribution in [0.25, 0.3) is 0 Å². The van der Waals surface area contributed by atoms with Gasteiger partial charge in [-0.3, -0.25) is 24.2 Å². The van der Waals surface area contributed by atoms with E-state index in [2.05, 4.69) is 46.1 Å². The molecule has 9 rings (SSSR count). The molecule has 0 bridgehead atoms. The quantitative estimate of drug-likeness (QED) is 0.0564. The normalized spacial score (nSPS) is 21.8. The predicted molar refractivity (Wildman–Crippen MR) is 267 cm³/mol. The standard InChI is InChI=1S/C58H55N5O7/c1-4-32-59-54(65)49-51-55(66)70-52(44-26-15-8-16-27-44)50(43-24-13-7-14-25-43)63(51)53(45-28-17-29-46(37-45)69-35-34-64)58(49)47-36-40(21-18-33-61(3)38-41-19-9-5-10-20-41)30-31-48(47)62(56(58)67)57(68)60-39(2)42-22-11-6-12-23-42/h4-17,19-20,22-31,36-37,39,49-53,64H,1,32-35,38H2,2-3H3,(H,59,65)(H,60,68)/t39-,49-,50-,51-,52+,53+,58-/m1/s1. The van der Waals surface area contributed by atoms with Gasteiger partial charge in [0, 0.05) is 18.7 Å². The van der Waals surface area contributed by atoms with Crippen molar-refractivity contribution < 1.29 is 33.8 Å². The second-order valence-electron chi connectivity index (χ2n) is 17.9. The molecule has 3 aliphatic heterocycles. The Hall–Kier alpha value is -7.82. The number of carbonyl (C=O) groups excluding carboxylic acids is 4. The van der Waals surface area contributed by atoms with Gasteiger partial charge in [-0.2, -0.15) is 0 Å². The molecule has 0 aromatic heterocycles. The minimum atomic E-state index is -1.99. The van der Waals surface area contributed by atoms with Crippen molar-refractivity contribution in [3.63, 3.8) is 0 Å². The van der Waals surface area contributed by atoms with Gasteiger partial charge in [0.25, 0.3) is 0 Å². The van der Waals surface area contributed by atoms with Crippen LogP contribution in [0.2, 0.25) is 0 Å². The molecule has 0 saturated carbocycles. The maximum absolute atomic E-state index is 16.6. The van der Waals surface area contributed by atoms with Gasteiger partial charge in [-0.05, 0) is 77.7 Å². The van der Waals surface area contributed by atoms with Crippen LogP contribution in [-0.2, 0) is 31.1 Å². The molecular formula is C58H55N5O7. The largest absolute Gasteiger partial charge is 0.491 e. The number of benzene rings is 6. The topological polar surface area (TPSA) is 141 Å². The van der Waals surface area contributed by atoms with Gasteiger partial charge in [-0.15, -0.1) is 6.58 Å². The van der Waals surface area contributed by atoms with E-state index in [-0.39, 0.29) is 25.4 Å². The molecule has 6 aromatic rings. The van der Waals surface area contributed by atoms with Gasteiger partial charge in [-0.1, -0.05) is 151 Å². The van der Waals surface area contributed by atoms with Crippen molar-refractivity contribution in [1.82, 2.24) is 20.4 Å². The number of fused-ring (bicyclic) bond motifs is 3. The van der Waals surface area contributed by atoms with Crippen LogP contribution < -0.4 is 20.3 Å². The van der Waals surface area contributed by atoms with Crippen molar-refractivity contribution in [2.45, 2.75) is 49.2 Å². The summed E-state index contributed by atoms with van der Waals surface area (Å²) >= 11 is 0. The predicted octanol–water partition coefficient (Wildman–Crippen LogP) is 7.98. The van der Waals surface area contributed by atoms with Crippen LogP contribution in [0.5, 0.6) is 5.75 Å². The molecule has 4 amide bonds. The first kappa shape index (κ1) is 47.3. The van der Waals surface area contributed by atoms with Gasteiger partial charge in [0.15, 0.2) is 0 Å². The zero-order valence-electron chi connectivity index (χ0n) is 39.1. The van der Waals surface area contributed by atoms with Crippen molar-refractivity contribution in [1.29, 1.82) is 0 Å². The van der Waals surface area contributed by atoms with E-state index in [9.17, 15) is 5.11 Å². The number of carbonyl (C=O) groups is 4. The lowest BCUT2D eigenvalue weighted by Crippen LogP contribution is -2.56. The lowest BCUT2D eigenvalue weighted by atomic mass is 9.65. The Labute approximate surface area is 408 Å². The summed E-state index contributed by atoms with van der Waals surface area (Å²) in [5.41, 5.74) is 3.10. The molecule has 0 unspecified atom stereocenters. The minimum absolute atomic E-state index is 0.00882. The molecule has 7 atom stereocenters. The summed E-state index contributed by atoms with van der Waals surface area (Å²) < 4.78 is 12.6. The van der Waals surface area contributed by atoms with Crippen molar-refractivity contribution >= 4 is 29.5 Å². The third kappa shape index (κ3) is 8.98. The molecule has 3 heterocycles. The average Bonchev–Trinajstić information content (AvgIpc) is 3.84. The van der Waals surface area contributed by atoms with E-state index in [0.29, 0.717) is 41.1 Å². The number of anilines is 1. The van der Waals surface area contributed by atoms with Gasteiger partial charge >= 0.3 is 12.0 Å². The lowest BCUT2D eigenvalue weighted by molar-refractivity contribution is -0.178. The number of urea groups is 1. The number of aliphatic hydroxyl groups is 1. The Balaban J connectivity index is 1.30. The van der Waals surface area contributed by atoms with E-state index >= 15 is 19.2 Å². The monoisotopic (exact) mass is 933 g/mol. The van der Waals surface area contributed by atoms with Crippen molar-refractivity contribution in [2.24, 2.45) is 5.92 Å². The third-order valence-corrected chi connectivity index (χ3v) is 13.4. The summed E-state index contributed by atoms with van der Waals surface area (Å²) in [6.07, 6.45) is 0.633. The van der Waals surface area contributed by atoms with E-state index in [1.807, 2.05) is 134 Å². The van der Waals surface area contributed by atoms with E-state index < -0.39 is 65.4 Å². The van der Waals surface area contributed by atoms with Crippen LogP contribution in [-0.4, -0.2) is 78.1 Å². The van der Waals surface area contributed by atoms with Gasteiger partial charge in [0.05, 0.1) is 42.9 Å². The first-order chi connectivity index (χ1) is 34.1. The number of nitrogens with one attached hydrogen (secondary N) is 2. The molecule has 6 aromatic carbocycles. The highest BCUT2D eigenvalue weighted by molar-refractivity contribution is 6.24. The van der Waals surface area contributed by atoms with Gasteiger partial charge in [-0.25, -0.2) is 9.69 Å². The number of hydrogen-bond acceptors (Lipinski definition) is 9. The number of cyclic esters (lactones) is 1. The van der Waals surface area contributed by atoms with E-state index in [4.69, 9.17) is 9.47 Å². The molecule has 3 aliphatic rings. The number of nitrogens with zero attached hydrogens (tertiary/aromatic N) is 3. The van der Waals surface area contributed by atoms with Gasteiger partial charge < -0.3 is 25.2 Å². The van der Waals surface area contributed by atoms with Crippen LogP contribution in [0.3, 0.4) is 0 Å². The second-order valence-corrected chi connectivity index (χ2v) is 17.9. The Morgan fingerprint density at radius 1 is 0.843 bits per heavy atom. The van der Waals surface area contributed by atoms with Crippen molar-refractivity contribution in [2.75, 3.05) is 38.3 Å². The fourth-order valence-electron chi connectivity index (χ4n) is 10.5. The molecule has 2 fully saturated rings. The number of aliphatic hydroxyl groups excluding tert-OH is 1. The Kier molecular flexibility index (Phi) is 14.0. The van der Waals surface area contributed by atoms with Crippen molar-refractivity contribution in [3.05, 3.63) is 215 Å². The fraction of sp³-hybridized carbons (Fsp3) is 0.241. The van der Waals surface area contributed by atoms with Gasteiger partial charge in [0.1, 0.15) is 29.9 Å². The maximum atomic E-state index is 16.6. The second kappa shape index (κ2) is 20.8. The number of esters is 1. The number of hydrogen-bond donors (Lipinski definition) is 3. The Bertz CT molecular complexity index is 2930. The molecule has 354 valence electrons. The van der Waals surface area contributed by atoms with Gasteiger partial charge in [0.2, 0.25) is 11.8 Å². The smallest absolute Gasteiger partial charge is 0.329 e. The number of amides is 4. The SMILES string of the molecule is C=CCNC(=O)[C@H]1[C@@H]2C(=O)O[C@@H](c3ccccc3)[C@@H](c3ccccc3)N2[C@@H](c2cccc(OCCO)c2)[C@]12C(=O)N(C(=O)N[C@H](C)c1ccccc1)c1ccc(C#CCN(C)Cc3ccccc3)cc12. The van der Waals surface area contributed by atoms with E-state index in [1.54, 1.807) is 36.4 Å². The molecular weight excluding hydrogens is 879 g/mol. The molecule has 12 nitrogen and oxygen atoms in total. The molecule has 70 heavy (non-hydrogen) atoms. The summed E-state index contributed by atoms with van der Waals surface area (Å²) in [7, 11) is 1.99. The van der Waals surface area contributed by atoms with E-state index in [1.165, 1.54) is 6.08 Å². The first-order valence-corrected chi connectivity index (χ1v) is 23.5.